The molecule has 49 heavy (non-hydrogen) atoms. The molecule has 3 rings (SSSR count). The van der Waals surface area contributed by atoms with Crippen LogP contribution >= 0.6 is 0 Å². The Morgan fingerprint density at radius 3 is 1.35 bits per heavy atom. The van der Waals surface area contributed by atoms with Crippen LogP contribution in [0.1, 0.15) is 63.9 Å². The molecule has 274 valence electrons. The number of halogens is 9. The number of aliphatic carboxylic acids is 1. The standard InChI is InChI=1S/C10H9F3O2.C9H13F3O2.C9H7F3O2.CH4O.H3N2O.Na/c1-15-9(14)8-4-2-7(3-5-8)6-10(11,12)13;2*10-9(11,12)5-6-1-3-7(4-2-6)8(13)14;1-2;1-2-3;/h2-5H,6H2,1H3;6-7H,1-5H2,(H,13,14);1-4H,5H2,(H,13,14);2H,1H3;3H,1H2;/q;;;;-1;+1. The van der Waals surface area contributed by atoms with Gasteiger partial charge in [-0.3, -0.25) is 4.79 Å². The number of methoxy groups -OCH3 is 1. The van der Waals surface area contributed by atoms with Crippen molar-refractivity contribution in [3.8, 4) is 0 Å². The first-order chi connectivity index (χ1) is 22.1. The third-order valence-corrected chi connectivity index (χ3v) is 6.10. The first-order valence-corrected chi connectivity index (χ1v) is 13.5. The molecule has 0 unspecified atom stereocenters. The summed E-state index contributed by atoms with van der Waals surface area (Å²) >= 11 is 0. The molecule has 0 amide bonds. The van der Waals surface area contributed by atoms with Crippen LogP contribution in [0.3, 0.4) is 0 Å². The second-order valence-corrected chi connectivity index (χ2v) is 9.77. The van der Waals surface area contributed by atoms with E-state index in [0.717, 1.165) is 31.4 Å². The van der Waals surface area contributed by atoms with Gasteiger partial charge in [-0.2, -0.15) is 39.5 Å². The van der Waals surface area contributed by atoms with E-state index in [9.17, 15) is 53.9 Å². The van der Waals surface area contributed by atoms with E-state index in [2.05, 4.69) is 10.6 Å². The molecule has 20 heteroatoms. The zero-order chi connectivity index (χ0) is 37.7. The Labute approximate surface area is 297 Å². The molecule has 6 N–H and O–H groups in total. The van der Waals surface area contributed by atoms with Crippen LogP contribution in [0.25, 0.3) is 5.59 Å². The van der Waals surface area contributed by atoms with Crippen LogP contribution in [-0.4, -0.2) is 71.2 Å². The number of nitrogens with two attached hydrogens (primary N) is 1. The maximum Gasteiger partial charge on any atom is 1.00 e. The molecule has 1 aliphatic rings. The Balaban J connectivity index is -0.000000601. The molecule has 0 spiro atoms. The fourth-order valence-corrected chi connectivity index (χ4v) is 4.05. The van der Waals surface area contributed by atoms with Crippen molar-refractivity contribution in [3.05, 3.63) is 76.4 Å². The van der Waals surface area contributed by atoms with Crippen LogP contribution in [0.15, 0.2) is 48.5 Å². The van der Waals surface area contributed by atoms with Crippen molar-refractivity contribution in [2.75, 3.05) is 14.2 Å². The zero-order valence-corrected chi connectivity index (χ0v) is 28.6. The van der Waals surface area contributed by atoms with Crippen LogP contribution in [0, 0.1) is 11.8 Å². The second-order valence-electron chi connectivity index (χ2n) is 9.77. The second kappa shape index (κ2) is 25.1. The van der Waals surface area contributed by atoms with Gasteiger partial charge in [0.25, 0.3) is 0 Å². The van der Waals surface area contributed by atoms with Gasteiger partial charge in [-0.15, -0.1) is 0 Å². The monoisotopic (exact) mass is 734 g/mol. The maximum atomic E-state index is 12.0. The number of carbonyl (C=O) groups is 3. The molecule has 1 saturated carbocycles. The number of esters is 1. The van der Waals surface area contributed by atoms with Crippen molar-refractivity contribution < 1.29 is 109 Å². The Bertz CT molecular complexity index is 1200. The van der Waals surface area contributed by atoms with Gasteiger partial charge in [0.05, 0.1) is 37.0 Å². The van der Waals surface area contributed by atoms with Crippen LogP contribution in [0.4, 0.5) is 39.5 Å². The zero-order valence-electron chi connectivity index (χ0n) is 26.6. The average Bonchev–Trinajstić information content (AvgIpc) is 2.97. The SMILES string of the molecule is CO.COC(=O)c1ccc(CC(F)(F)F)cc1.N[N-]O.O=C(O)C1CCC(CC(F)(F)F)CC1.O=C(O)c1ccc(CC(F)(F)F)cc1.[Na+]. The van der Waals surface area contributed by atoms with E-state index >= 15 is 0 Å². The van der Waals surface area contributed by atoms with E-state index in [1.807, 2.05) is 5.59 Å². The molecule has 0 saturated heterocycles. The molecule has 1 fully saturated rings. The summed E-state index contributed by atoms with van der Waals surface area (Å²) in [4.78, 5) is 31.9. The van der Waals surface area contributed by atoms with Gasteiger partial charge in [0.2, 0.25) is 0 Å². The van der Waals surface area contributed by atoms with Gasteiger partial charge in [0, 0.05) is 13.5 Å². The van der Waals surface area contributed by atoms with Crippen LogP contribution < -0.4 is 35.4 Å². The molecule has 0 heterocycles. The first-order valence-electron chi connectivity index (χ1n) is 13.5. The number of rotatable bonds is 6. The maximum absolute atomic E-state index is 12.0. The van der Waals surface area contributed by atoms with Crippen LogP contribution in [-0.2, 0) is 22.4 Å². The van der Waals surface area contributed by atoms with Crippen LogP contribution in [0.2, 0.25) is 0 Å². The molecule has 10 nitrogen and oxygen atoms in total. The topological polar surface area (TPSA) is 181 Å². The minimum atomic E-state index is -4.26. The largest absolute Gasteiger partial charge is 1.00 e. The van der Waals surface area contributed by atoms with E-state index in [4.69, 9.17) is 20.5 Å². The molecule has 2 aromatic carbocycles. The summed E-state index contributed by atoms with van der Waals surface area (Å²) in [5.41, 5.74) is 2.40. The number of ether oxygens (including phenoxy) is 1. The predicted molar refractivity (Wildman–Crippen MR) is 152 cm³/mol. The van der Waals surface area contributed by atoms with Gasteiger partial charge in [0.1, 0.15) is 0 Å². The Hall–Kier alpha value is -2.94. The number of aliphatic hydroxyl groups excluding tert-OH is 1. The number of aliphatic hydroxyl groups is 1. The van der Waals surface area contributed by atoms with Crippen molar-refractivity contribution >= 4 is 17.9 Å². The third kappa shape index (κ3) is 26.6. The average molecular weight is 735 g/mol. The van der Waals surface area contributed by atoms with E-state index in [-0.39, 0.29) is 57.7 Å². The number of alkyl halides is 9. The number of hydrogen-bond donors (Lipinski definition) is 5. The summed E-state index contributed by atoms with van der Waals surface area (Å²) in [5, 5.41) is 31.1. The fraction of sp³-hybridized carbons (Fsp3) is 0.483. The fourth-order valence-electron chi connectivity index (χ4n) is 4.05. The Kier molecular flexibility index (Phi) is 25.8. The molecule has 0 aliphatic heterocycles. The molecule has 0 bridgehead atoms. The first kappa shape index (κ1) is 50.4. The van der Waals surface area contributed by atoms with Crippen LogP contribution in [0.5, 0.6) is 0 Å². The Morgan fingerprint density at radius 2 is 1.08 bits per heavy atom. The predicted octanol–water partition coefficient (Wildman–Crippen LogP) is 4.13. The van der Waals surface area contributed by atoms with Gasteiger partial charge >= 0.3 is 66.0 Å². The minimum Gasteiger partial charge on any atom is -0.488 e. The van der Waals surface area contributed by atoms with E-state index in [0.29, 0.717) is 25.7 Å². The molecule has 2 aromatic rings. The number of carbonyl (C=O) groups excluding carboxylic acids is 1. The molecule has 1 aliphatic carbocycles. The van der Waals surface area contributed by atoms with E-state index in [1.165, 1.54) is 31.4 Å². The van der Waals surface area contributed by atoms with Gasteiger partial charge in [-0.25, -0.2) is 9.59 Å². The number of nitrogens with zero attached hydrogens (tertiary/aromatic N) is 1. The van der Waals surface area contributed by atoms with Crippen molar-refractivity contribution in [2.45, 2.75) is 63.5 Å². The summed E-state index contributed by atoms with van der Waals surface area (Å²) < 4.78 is 112. The van der Waals surface area contributed by atoms with E-state index < -0.39 is 61.6 Å². The molecular formula is C29H36F9N2NaO8. The van der Waals surface area contributed by atoms with Crippen molar-refractivity contribution in [2.24, 2.45) is 17.7 Å². The Morgan fingerprint density at radius 1 is 0.735 bits per heavy atom. The number of carboxylic acid groups (broad SMARTS) is 2. The van der Waals surface area contributed by atoms with Gasteiger partial charge in [-0.1, -0.05) is 24.3 Å². The number of aromatic carboxylic acids is 1. The number of benzene rings is 2. The normalized spacial score (nSPS) is 15.4. The summed E-state index contributed by atoms with van der Waals surface area (Å²) in [6.45, 7) is 0. The van der Waals surface area contributed by atoms with Gasteiger partial charge in [-0.05, 0) is 67.0 Å². The van der Waals surface area contributed by atoms with Crippen molar-refractivity contribution in [1.82, 2.24) is 0 Å². The van der Waals surface area contributed by atoms with E-state index in [1.54, 1.807) is 0 Å². The summed E-state index contributed by atoms with van der Waals surface area (Å²) in [6, 6.07) is 9.79. The van der Waals surface area contributed by atoms with Gasteiger partial charge < -0.3 is 36.7 Å². The van der Waals surface area contributed by atoms with Crippen molar-refractivity contribution in [3.63, 3.8) is 0 Å². The molecule has 0 radical (unpaired) electrons. The quantitative estimate of drug-likeness (QED) is 0.0959. The minimum absolute atomic E-state index is 0. The molecule has 0 atom stereocenters. The summed E-state index contributed by atoms with van der Waals surface area (Å²) in [7, 11) is 2.21. The molecular weight excluding hydrogens is 698 g/mol. The van der Waals surface area contributed by atoms with Crippen molar-refractivity contribution in [1.29, 1.82) is 0 Å². The molecule has 0 aromatic heterocycles. The van der Waals surface area contributed by atoms with Gasteiger partial charge in [0.15, 0.2) is 0 Å². The summed E-state index contributed by atoms with van der Waals surface area (Å²) in [5.74, 6) is 0.637. The number of carboxylic acids is 2. The summed E-state index contributed by atoms with van der Waals surface area (Å²) in [6.07, 6.45) is -13.8. The third-order valence-electron chi connectivity index (χ3n) is 6.10. The smallest absolute Gasteiger partial charge is 0.488 e. The number of hydrogen-bond acceptors (Lipinski definition) is 7.